The van der Waals surface area contributed by atoms with Gasteiger partial charge < -0.3 is 20.7 Å². The van der Waals surface area contributed by atoms with E-state index in [1.807, 2.05) is 0 Å². The second-order valence-corrected chi connectivity index (χ2v) is 7.87. The molecule has 0 radical (unpaired) electrons. The lowest BCUT2D eigenvalue weighted by Crippen LogP contribution is -2.50. The van der Waals surface area contributed by atoms with Crippen molar-refractivity contribution in [1.82, 2.24) is 4.90 Å². The quantitative estimate of drug-likeness (QED) is 0.699. The van der Waals surface area contributed by atoms with Gasteiger partial charge >= 0.3 is 0 Å². The molecule has 1 aromatic carbocycles. The minimum atomic E-state index is -0.568. The Hall–Kier alpha value is -2.03. The van der Waals surface area contributed by atoms with Gasteiger partial charge in [0.1, 0.15) is 18.5 Å². The molecule has 8 heteroatoms. The van der Waals surface area contributed by atoms with E-state index in [1.54, 1.807) is 6.07 Å². The molecule has 7 nitrogen and oxygen atoms in total. The molecule has 3 N–H and O–H groups in total. The fraction of sp³-hybridized carbons (Fsp3) is 0.600. The molecule has 4 rings (SSSR count). The van der Waals surface area contributed by atoms with Crippen molar-refractivity contribution in [3.63, 3.8) is 0 Å². The van der Waals surface area contributed by atoms with Gasteiger partial charge in [0.15, 0.2) is 0 Å². The zero-order valence-electron chi connectivity index (χ0n) is 15.9. The second kappa shape index (κ2) is 8.14. The maximum absolute atomic E-state index is 14.6. The molecule has 1 aliphatic heterocycles. The highest BCUT2D eigenvalue weighted by Gasteiger charge is 2.39. The van der Waals surface area contributed by atoms with E-state index in [0.717, 1.165) is 19.4 Å². The van der Waals surface area contributed by atoms with Crippen molar-refractivity contribution in [2.75, 3.05) is 43.1 Å². The molecule has 0 aromatic heterocycles. The summed E-state index contributed by atoms with van der Waals surface area (Å²) in [5.41, 5.74) is 6.48. The van der Waals surface area contributed by atoms with Crippen LogP contribution in [0.15, 0.2) is 18.2 Å². The maximum atomic E-state index is 14.6. The van der Waals surface area contributed by atoms with Gasteiger partial charge in [0.05, 0.1) is 12.3 Å². The molecule has 1 saturated heterocycles. The lowest BCUT2D eigenvalue weighted by atomic mass is 10.1. The van der Waals surface area contributed by atoms with E-state index in [1.165, 1.54) is 29.9 Å². The molecule has 152 valence electrons. The molecular formula is C20H27FN4O3. The zero-order chi connectivity index (χ0) is 19.7. The van der Waals surface area contributed by atoms with Gasteiger partial charge in [-0.25, -0.2) is 4.39 Å². The molecule has 0 unspecified atom stereocenters. The number of carbonyl (C=O) groups is 2. The van der Waals surface area contributed by atoms with E-state index in [2.05, 4.69) is 10.2 Å². The zero-order valence-corrected chi connectivity index (χ0v) is 15.9. The summed E-state index contributed by atoms with van der Waals surface area (Å²) in [4.78, 5) is 28.4. The standard InChI is InChI=1S/C20H27FN4O3/c21-16-9-15(24-7-8-28-12-19(24)26)5-6-17(16)23-20(27)18(10-22)25(14-3-4-14)11-13-1-2-13/h5-6,9,13-14,18H,1-4,7-8,10-12,22H2,(H,23,27)/t18-/m1/s1. The summed E-state index contributed by atoms with van der Waals surface area (Å²) in [6.45, 7) is 1.90. The molecule has 2 saturated carbocycles. The molecule has 28 heavy (non-hydrogen) atoms. The number of carbonyl (C=O) groups excluding carboxylic acids is 2. The number of nitrogens with zero attached hydrogens (tertiary/aromatic N) is 2. The third-order valence-corrected chi connectivity index (χ3v) is 5.62. The van der Waals surface area contributed by atoms with Crippen molar-refractivity contribution in [3.8, 4) is 0 Å². The van der Waals surface area contributed by atoms with E-state index < -0.39 is 11.9 Å². The summed E-state index contributed by atoms with van der Waals surface area (Å²) in [5.74, 6) is -0.388. The fourth-order valence-electron chi connectivity index (χ4n) is 3.71. The molecule has 1 heterocycles. The summed E-state index contributed by atoms with van der Waals surface area (Å²) in [7, 11) is 0. The van der Waals surface area contributed by atoms with Gasteiger partial charge in [-0.3, -0.25) is 14.5 Å². The van der Waals surface area contributed by atoms with Crippen molar-refractivity contribution in [2.45, 2.75) is 37.8 Å². The van der Waals surface area contributed by atoms with Crippen LogP contribution in [0.5, 0.6) is 0 Å². The average molecular weight is 390 g/mol. The molecule has 0 spiro atoms. The van der Waals surface area contributed by atoms with Crippen LogP contribution < -0.4 is 16.0 Å². The number of hydrogen-bond donors (Lipinski definition) is 2. The van der Waals surface area contributed by atoms with Crippen LogP contribution in [-0.2, 0) is 14.3 Å². The SMILES string of the molecule is NC[C@H](C(=O)Nc1ccc(N2CCOCC2=O)cc1F)N(CC1CC1)C1CC1. The van der Waals surface area contributed by atoms with Crippen molar-refractivity contribution < 1.29 is 18.7 Å². The fourth-order valence-corrected chi connectivity index (χ4v) is 3.71. The predicted molar refractivity (Wildman–Crippen MR) is 103 cm³/mol. The van der Waals surface area contributed by atoms with Crippen LogP contribution >= 0.6 is 0 Å². The second-order valence-electron chi connectivity index (χ2n) is 7.87. The van der Waals surface area contributed by atoms with Crippen LogP contribution in [0.3, 0.4) is 0 Å². The van der Waals surface area contributed by atoms with Crippen LogP contribution in [0.4, 0.5) is 15.8 Å². The summed E-state index contributed by atoms with van der Waals surface area (Å²) in [6.07, 6.45) is 4.59. The number of morpholine rings is 1. The molecule has 1 aromatic rings. The van der Waals surface area contributed by atoms with Gasteiger partial charge in [-0.2, -0.15) is 0 Å². The number of nitrogens with one attached hydrogen (secondary N) is 1. The van der Waals surface area contributed by atoms with Crippen LogP contribution in [0, 0.1) is 11.7 Å². The van der Waals surface area contributed by atoms with Crippen LogP contribution in [0.1, 0.15) is 25.7 Å². The summed E-state index contributed by atoms with van der Waals surface area (Å²) < 4.78 is 19.7. The highest BCUT2D eigenvalue weighted by Crippen LogP contribution is 2.36. The Morgan fingerprint density at radius 3 is 2.75 bits per heavy atom. The monoisotopic (exact) mass is 390 g/mol. The van der Waals surface area contributed by atoms with Gasteiger partial charge in [0, 0.05) is 31.4 Å². The van der Waals surface area contributed by atoms with E-state index >= 15 is 0 Å². The number of benzene rings is 1. The number of halogens is 1. The Balaban J connectivity index is 1.44. The first kappa shape index (κ1) is 19.3. The minimum Gasteiger partial charge on any atom is -0.370 e. The predicted octanol–water partition coefficient (Wildman–Crippen LogP) is 1.33. The first-order valence-electron chi connectivity index (χ1n) is 10.0. The Bertz CT molecular complexity index is 751. The van der Waals surface area contributed by atoms with Gasteiger partial charge in [-0.05, 0) is 49.8 Å². The smallest absolute Gasteiger partial charge is 0.253 e. The molecule has 3 aliphatic rings. The lowest BCUT2D eigenvalue weighted by molar-refractivity contribution is -0.125. The summed E-state index contributed by atoms with van der Waals surface area (Å²) in [6, 6.07) is 4.38. The van der Waals surface area contributed by atoms with Crippen LogP contribution in [0.25, 0.3) is 0 Å². The van der Waals surface area contributed by atoms with Gasteiger partial charge in [0.25, 0.3) is 5.91 Å². The maximum Gasteiger partial charge on any atom is 0.253 e. The van der Waals surface area contributed by atoms with Gasteiger partial charge in [0.2, 0.25) is 5.91 Å². The third-order valence-electron chi connectivity index (χ3n) is 5.62. The number of nitrogens with two attached hydrogens (primary N) is 1. The van der Waals surface area contributed by atoms with E-state index in [9.17, 15) is 14.0 Å². The molecule has 3 fully saturated rings. The minimum absolute atomic E-state index is 0.00369. The third kappa shape index (κ3) is 4.34. The Morgan fingerprint density at radius 2 is 2.14 bits per heavy atom. The van der Waals surface area contributed by atoms with Crippen LogP contribution in [-0.4, -0.2) is 61.6 Å². The normalized spacial score (nSPS) is 21.1. The molecule has 1 atom stereocenters. The van der Waals surface area contributed by atoms with Gasteiger partial charge in [-0.15, -0.1) is 0 Å². The van der Waals surface area contributed by atoms with Crippen LogP contribution in [0.2, 0.25) is 0 Å². The van der Waals surface area contributed by atoms with E-state index in [-0.39, 0.29) is 30.7 Å². The van der Waals surface area contributed by atoms with Gasteiger partial charge in [-0.1, -0.05) is 0 Å². The highest BCUT2D eigenvalue weighted by atomic mass is 19.1. The Kier molecular flexibility index (Phi) is 5.61. The molecular weight excluding hydrogens is 363 g/mol. The summed E-state index contributed by atoms with van der Waals surface area (Å²) >= 11 is 0. The lowest BCUT2D eigenvalue weighted by Gasteiger charge is -2.30. The van der Waals surface area contributed by atoms with Crippen molar-refractivity contribution in [2.24, 2.45) is 11.7 Å². The topological polar surface area (TPSA) is 87.9 Å². The molecule has 2 aliphatic carbocycles. The van der Waals surface area contributed by atoms with Crippen molar-refractivity contribution in [3.05, 3.63) is 24.0 Å². The first-order chi connectivity index (χ1) is 13.6. The van der Waals surface area contributed by atoms with Crippen molar-refractivity contribution >= 4 is 23.2 Å². The number of hydrogen-bond acceptors (Lipinski definition) is 5. The van der Waals surface area contributed by atoms with E-state index in [0.29, 0.717) is 30.8 Å². The molecule has 2 amide bonds. The summed E-state index contributed by atoms with van der Waals surface area (Å²) in [5, 5.41) is 2.70. The Labute approximate surface area is 164 Å². The first-order valence-corrected chi connectivity index (χ1v) is 10.0. The van der Waals surface area contributed by atoms with Crippen molar-refractivity contribution in [1.29, 1.82) is 0 Å². The Morgan fingerprint density at radius 1 is 1.36 bits per heavy atom. The largest absolute Gasteiger partial charge is 0.370 e. The number of rotatable bonds is 8. The highest BCUT2D eigenvalue weighted by molar-refractivity contribution is 5.97. The number of ether oxygens (including phenoxy) is 1. The number of amides is 2. The molecule has 0 bridgehead atoms. The average Bonchev–Trinajstić information content (AvgIpc) is 3.57. The number of anilines is 2. The van der Waals surface area contributed by atoms with E-state index in [4.69, 9.17) is 10.5 Å².